The lowest BCUT2D eigenvalue weighted by molar-refractivity contribution is -0.134. The van der Waals surface area contributed by atoms with Crippen molar-refractivity contribution >= 4 is 11.7 Å². The van der Waals surface area contributed by atoms with Crippen LogP contribution in [0, 0.1) is 5.92 Å². The molecule has 4 heteroatoms. The van der Waals surface area contributed by atoms with Crippen LogP contribution < -0.4 is 0 Å². The fourth-order valence-electron chi connectivity index (χ4n) is 3.92. The van der Waals surface area contributed by atoms with E-state index < -0.39 is 0 Å². The van der Waals surface area contributed by atoms with Gasteiger partial charge < -0.3 is 4.90 Å². The van der Waals surface area contributed by atoms with Crippen molar-refractivity contribution in [1.29, 1.82) is 0 Å². The maximum Gasteiger partial charge on any atom is 0.225 e. The summed E-state index contributed by atoms with van der Waals surface area (Å²) < 4.78 is 0. The summed E-state index contributed by atoms with van der Waals surface area (Å²) in [5, 5.41) is 0. The minimum Gasteiger partial charge on any atom is -0.340 e. The third-order valence-electron chi connectivity index (χ3n) is 5.65. The average Bonchev–Trinajstić information content (AvgIpc) is 3.46. The van der Waals surface area contributed by atoms with Crippen LogP contribution in [0.1, 0.15) is 47.2 Å². The molecule has 0 aromatic heterocycles. The first-order valence-electron chi connectivity index (χ1n) is 9.37. The fraction of sp³-hybridized carbons (Fsp3) is 0.600. The fourth-order valence-corrected chi connectivity index (χ4v) is 3.92. The van der Waals surface area contributed by atoms with Crippen molar-refractivity contribution in [2.24, 2.45) is 5.92 Å². The van der Waals surface area contributed by atoms with E-state index >= 15 is 0 Å². The van der Waals surface area contributed by atoms with Crippen molar-refractivity contribution in [3.05, 3.63) is 34.9 Å². The SMILES string of the molecule is O=C(CN1CCN(C(=O)C2CC2)CC1)c1ccc2c(c1)CCCC2. The molecule has 24 heavy (non-hydrogen) atoms. The van der Waals surface area contributed by atoms with Crippen LogP contribution >= 0.6 is 0 Å². The number of hydrogen-bond donors (Lipinski definition) is 0. The Balaban J connectivity index is 1.32. The minimum absolute atomic E-state index is 0.213. The lowest BCUT2D eigenvalue weighted by atomic mass is 9.90. The lowest BCUT2D eigenvalue weighted by Gasteiger charge is -2.34. The van der Waals surface area contributed by atoms with E-state index in [4.69, 9.17) is 0 Å². The number of aryl methyl sites for hydroxylation is 2. The molecule has 1 saturated carbocycles. The number of benzene rings is 1. The van der Waals surface area contributed by atoms with Crippen molar-refractivity contribution in [3.8, 4) is 0 Å². The number of fused-ring (bicyclic) bond motifs is 1. The molecular formula is C20H26N2O2. The number of hydrogen-bond acceptors (Lipinski definition) is 3. The zero-order valence-corrected chi connectivity index (χ0v) is 14.3. The topological polar surface area (TPSA) is 40.6 Å². The number of Topliss-reactive ketones (excluding diaryl/α,β-unsaturated/α-hetero) is 1. The maximum atomic E-state index is 12.6. The molecule has 3 aliphatic rings. The number of ketones is 1. The second kappa shape index (κ2) is 6.67. The van der Waals surface area contributed by atoms with Crippen LogP contribution in [-0.4, -0.2) is 54.2 Å². The minimum atomic E-state index is 0.213. The standard InChI is InChI=1S/C20H26N2O2/c23-19(18-8-5-15-3-1-2-4-17(15)13-18)14-21-9-11-22(12-10-21)20(24)16-6-7-16/h5,8,13,16H,1-4,6-7,9-12,14H2. The first-order chi connectivity index (χ1) is 11.7. The van der Waals surface area contributed by atoms with Gasteiger partial charge in [-0.15, -0.1) is 0 Å². The number of piperazine rings is 1. The van der Waals surface area contributed by atoms with Gasteiger partial charge in [-0.25, -0.2) is 0 Å². The van der Waals surface area contributed by atoms with Crippen LogP contribution in [0.15, 0.2) is 18.2 Å². The van der Waals surface area contributed by atoms with Gasteiger partial charge in [0.15, 0.2) is 5.78 Å². The van der Waals surface area contributed by atoms with Crippen molar-refractivity contribution in [2.45, 2.75) is 38.5 Å². The van der Waals surface area contributed by atoms with Crippen molar-refractivity contribution in [1.82, 2.24) is 9.80 Å². The zero-order chi connectivity index (χ0) is 16.5. The largest absolute Gasteiger partial charge is 0.340 e. The summed E-state index contributed by atoms with van der Waals surface area (Å²) in [7, 11) is 0. The molecule has 4 nitrogen and oxygen atoms in total. The molecule has 1 aliphatic heterocycles. The summed E-state index contributed by atoms with van der Waals surface area (Å²) in [4.78, 5) is 28.9. The molecule has 1 amide bonds. The highest BCUT2D eigenvalue weighted by Gasteiger charge is 2.34. The molecule has 4 rings (SSSR count). The summed E-state index contributed by atoms with van der Waals surface area (Å²) in [6.07, 6.45) is 6.90. The number of carbonyl (C=O) groups excluding carboxylic acids is 2. The van der Waals surface area contributed by atoms with E-state index in [1.165, 1.54) is 24.0 Å². The van der Waals surface area contributed by atoms with Crippen LogP contribution in [0.4, 0.5) is 0 Å². The van der Waals surface area contributed by atoms with Crippen molar-refractivity contribution < 1.29 is 9.59 Å². The normalized spacial score (nSPS) is 21.4. The third-order valence-corrected chi connectivity index (χ3v) is 5.65. The molecule has 0 unspecified atom stereocenters. The van der Waals surface area contributed by atoms with E-state index in [-0.39, 0.29) is 5.78 Å². The lowest BCUT2D eigenvalue weighted by Crippen LogP contribution is -2.50. The highest BCUT2D eigenvalue weighted by atomic mass is 16.2. The summed E-state index contributed by atoms with van der Waals surface area (Å²) >= 11 is 0. The monoisotopic (exact) mass is 326 g/mol. The number of nitrogens with zero attached hydrogens (tertiary/aromatic N) is 2. The van der Waals surface area contributed by atoms with Gasteiger partial charge in [0.1, 0.15) is 0 Å². The second-order valence-electron chi connectivity index (χ2n) is 7.49. The Labute approximate surface area is 143 Å². The summed E-state index contributed by atoms with van der Waals surface area (Å²) in [5.41, 5.74) is 3.64. The first-order valence-corrected chi connectivity index (χ1v) is 9.37. The van der Waals surface area contributed by atoms with Crippen LogP contribution in [0.5, 0.6) is 0 Å². The zero-order valence-electron chi connectivity index (χ0n) is 14.3. The van der Waals surface area contributed by atoms with Gasteiger partial charge in [0, 0.05) is 37.7 Å². The number of carbonyl (C=O) groups is 2. The maximum absolute atomic E-state index is 12.6. The Morgan fingerprint density at radius 1 is 0.958 bits per heavy atom. The van der Waals surface area contributed by atoms with Crippen LogP contribution in [-0.2, 0) is 17.6 Å². The van der Waals surface area contributed by atoms with Gasteiger partial charge in [-0.1, -0.05) is 12.1 Å². The highest BCUT2D eigenvalue weighted by molar-refractivity contribution is 5.97. The Kier molecular flexibility index (Phi) is 4.40. The van der Waals surface area contributed by atoms with Crippen molar-refractivity contribution in [3.63, 3.8) is 0 Å². The Morgan fingerprint density at radius 3 is 2.38 bits per heavy atom. The Bertz CT molecular complexity index is 643. The summed E-state index contributed by atoms with van der Waals surface area (Å²) in [5.74, 6) is 0.842. The molecular weight excluding hydrogens is 300 g/mol. The molecule has 0 bridgehead atoms. The summed E-state index contributed by atoms with van der Waals surface area (Å²) in [6, 6.07) is 6.26. The van der Waals surface area contributed by atoms with Gasteiger partial charge >= 0.3 is 0 Å². The van der Waals surface area contributed by atoms with E-state index in [1.807, 2.05) is 11.0 Å². The van der Waals surface area contributed by atoms with E-state index in [2.05, 4.69) is 17.0 Å². The molecule has 0 N–H and O–H groups in total. The van der Waals surface area contributed by atoms with Gasteiger partial charge in [-0.2, -0.15) is 0 Å². The van der Waals surface area contributed by atoms with E-state index in [0.29, 0.717) is 18.4 Å². The predicted octanol–water partition coefficient (Wildman–Crippen LogP) is 2.30. The van der Waals surface area contributed by atoms with Gasteiger partial charge in [0.05, 0.1) is 6.54 Å². The first kappa shape index (κ1) is 15.8. The third kappa shape index (κ3) is 3.39. The van der Waals surface area contributed by atoms with E-state index in [9.17, 15) is 9.59 Å². The van der Waals surface area contributed by atoms with Crippen LogP contribution in [0.25, 0.3) is 0 Å². The molecule has 1 aromatic carbocycles. The number of rotatable bonds is 4. The Hall–Kier alpha value is -1.68. The molecule has 2 aliphatic carbocycles. The van der Waals surface area contributed by atoms with Gasteiger partial charge in [0.25, 0.3) is 0 Å². The smallest absolute Gasteiger partial charge is 0.225 e. The molecule has 0 radical (unpaired) electrons. The molecule has 0 spiro atoms. The summed E-state index contributed by atoms with van der Waals surface area (Å²) in [6.45, 7) is 3.65. The molecule has 1 heterocycles. The number of amides is 1. The molecule has 2 fully saturated rings. The van der Waals surface area contributed by atoms with Crippen molar-refractivity contribution in [2.75, 3.05) is 32.7 Å². The predicted molar refractivity (Wildman–Crippen MR) is 93.2 cm³/mol. The van der Waals surface area contributed by atoms with Crippen LogP contribution in [0.2, 0.25) is 0 Å². The molecule has 0 atom stereocenters. The van der Waals surface area contributed by atoms with Gasteiger partial charge in [-0.3, -0.25) is 14.5 Å². The molecule has 1 saturated heterocycles. The van der Waals surface area contributed by atoms with E-state index in [1.54, 1.807) is 0 Å². The average molecular weight is 326 g/mol. The van der Waals surface area contributed by atoms with Gasteiger partial charge in [0.2, 0.25) is 5.91 Å². The second-order valence-corrected chi connectivity index (χ2v) is 7.49. The molecule has 1 aromatic rings. The van der Waals surface area contributed by atoms with Gasteiger partial charge in [-0.05, 0) is 55.7 Å². The molecule has 128 valence electrons. The van der Waals surface area contributed by atoms with E-state index in [0.717, 1.165) is 57.4 Å². The highest BCUT2D eigenvalue weighted by Crippen LogP contribution is 2.31. The van der Waals surface area contributed by atoms with Crippen LogP contribution in [0.3, 0.4) is 0 Å². The Morgan fingerprint density at radius 2 is 1.67 bits per heavy atom. The quantitative estimate of drug-likeness (QED) is 0.797.